The maximum absolute atomic E-state index is 11.5. The van der Waals surface area contributed by atoms with Gasteiger partial charge in [-0.25, -0.2) is 0 Å². The summed E-state index contributed by atoms with van der Waals surface area (Å²) in [6, 6.07) is 5.12. The second-order valence-electron chi connectivity index (χ2n) is 4.10. The average Bonchev–Trinajstić information content (AvgIpc) is 3.09. The molecule has 20 heavy (non-hydrogen) atoms. The maximum atomic E-state index is 11.5. The topological polar surface area (TPSA) is 86.4 Å². The second-order valence-corrected chi connectivity index (χ2v) is 4.10. The monoisotopic (exact) mass is 277 g/mol. The van der Waals surface area contributed by atoms with Gasteiger partial charge in [0, 0.05) is 25.9 Å². The first kappa shape index (κ1) is 13.9. The zero-order chi connectivity index (χ0) is 14.4. The van der Waals surface area contributed by atoms with Crippen LogP contribution >= 0.6 is 0 Å². The molecule has 106 valence electrons. The molecule has 0 bridgehead atoms. The molecule has 0 aliphatic heterocycles. The molecule has 7 heteroatoms. The van der Waals surface area contributed by atoms with Crippen molar-refractivity contribution in [1.29, 1.82) is 0 Å². The third kappa shape index (κ3) is 3.71. The molecule has 2 aromatic rings. The lowest BCUT2D eigenvalue weighted by molar-refractivity contribution is -0.146. The van der Waals surface area contributed by atoms with Gasteiger partial charge in [0.1, 0.15) is 11.8 Å². The molecule has 2 heterocycles. The number of carbonyl (C=O) groups is 2. The summed E-state index contributed by atoms with van der Waals surface area (Å²) in [5.41, 5.74) is 0. The molecule has 0 saturated heterocycles. The lowest BCUT2D eigenvalue weighted by Gasteiger charge is -2.16. The van der Waals surface area contributed by atoms with E-state index in [1.165, 1.54) is 6.92 Å². The number of aromatic nitrogens is 2. The molecule has 1 N–H and O–H groups in total. The Morgan fingerprint density at radius 2 is 2.35 bits per heavy atom. The number of hydrogen-bond donors (Lipinski definition) is 1. The molecule has 0 aliphatic carbocycles. The highest BCUT2D eigenvalue weighted by molar-refractivity contribution is 5.79. The van der Waals surface area contributed by atoms with Crippen LogP contribution in [0.2, 0.25) is 0 Å². The minimum atomic E-state index is -0.491. The molecule has 0 fully saturated rings. The largest absolute Gasteiger partial charge is 0.467 e. The van der Waals surface area contributed by atoms with Gasteiger partial charge in [0.25, 0.3) is 5.91 Å². The van der Waals surface area contributed by atoms with Crippen molar-refractivity contribution in [1.82, 2.24) is 15.1 Å². The van der Waals surface area contributed by atoms with Crippen LogP contribution in [0.3, 0.4) is 0 Å². The zero-order valence-corrected chi connectivity index (χ0v) is 11.0. The van der Waals surface area contributed by atoms with Gasteiger partial charge in [-0.2, -0.15) is 5.10 Å². The third-order valence-electron chi connectivity index (χ3n) is 2.61. The van der Waals surface area contributed by atoms with Crippen LogP contribution in [0.5, 0.6) is 0 Å². The van der Waals surface area contributed by atoms with Crippen LogP contribution in [0.25, 0.3) is 0 Å². The number of carbonyl (C=O) groups excluding carboxylic acids is 2. The highest BCUT2D eigenvalue weighted by Gasteiger charge is 2.18. The van der Waals surface area contributed by atoms with E-state index in [0.717, 1.165) is 0 Å². The number of nitrogens with zero attached hydrogens (tertiary/aromatic N) is 2. The number of nitrogens with one attached hydrogen (secondary N) is 1. The number of amides is 1. The Morgan fingerprint density at radius 3 is 2.95 bits per heavy atom. The van der Waals surface area contributed by atoms with Crippen LogP contribution in [0.4, 0.5) is 0 Å². The number of furan rings is 1. The SMILES string of the molecule is CC(=O)OCC(=O)NC[C@@H](c1ccco1)n1cccn1. The van der Waals surface area contributed by atoms with Crippen molar-refractivity contribution in [3.63, 3.8) is 0 Å². The number of rotatable bonds is 6. The van der Waals surface area contributed by atoms with Gasteiger partial charge in [0.15, 0.2) is 6.61 Å². The summed E-state index contributed by atoms with van der Waals surface area (Å²) in [6.45, 7) is 1.25. The van der Waals surface area contributed by atoms with Gasteiger partial charge in [-0.1, -0.05) is 0 Å². The summed E-state index contributed by atoms with van der Waals surface area (Å²) in [5.74, 6) is -0.180. The Hall–Kier alpha value is -2.57. The van der Waals surface area contributed by atoms with E-state index < -0.39 is 5.97 Å². The number of hydrogen-bond acceptors (Lipinski definition) is 5. The van der Waals surface area contributed by atoms with Crippen molar-refractivity contribution in [3.8, 4) is 0 Å². The minimum absolute atomic E-state index is 0.249. The Labute approximate surface area is 115 Å². The van der Waals surface area contributed by atoms with Gasteiger partial charge in [0.05, 0.1) is 6.26 Å². The van der Waals surface area contributed by atoms with Gasteiger partial charge in [-0.15, -0.1) is 0 Å². The predicted molar refractivity (Wildman–Crippen MR) is 68.7 cm³/mol. The Morgan fingerprint density at radius 1 is 1.50 bits per heavy atom. The van der Waals surface area contributed by atoms with Gasteiger partial charge < -0.3 is 14.5 Å². The van der Waals surface area contributed by atoms with Crippen molar-refractivity contribution in [3.05, 3.63) is 42.6 Å². The van der Waals surface area contributed by atoms with Crippen molar-refractivity contribution in [2.45, 2.75) is 13.0 Å². The van der Waals surface area contributed by atoms with Crippen molar-refractivity contribution in [2.75, 3.05) is 13.2 Å². The first-order chi connectivity index (χ1) is 9.66. The molecular formula is C13H15N3O4. The normalized spacial score (nSPS) is 11.8. The molecule has 0 radical (unpaired) electrons. The standard InChI is InChI=1S/C13H15N3O4/c1-10(17)20-9-13(18)14-8-11(12-4-2-7-19-12)16-6-3-5-15-16/h2-7,11H,8-9H2,1H3,(H,14,18)/t11-/m0/s1. The molecule has 0 saturated carbocycles. The highest BCUT2D eigenvalue weighted by Crippen LogP contribution is 2.16. The predicted octanol–water partition coefficient (Wildman–Crippen LogP) is 0.745. The number of ether oxygens (including phenoxy) is 1. The smallest absolute Gasteiger partial charge is 0.303 e. The highest BCUT2D eigenvalue weighted by atomic mass is 16.5. The molecule has 7 nitrogen and oxygen atoms in total. The summed E-state index contributed by atoms with van der Waals surface area (Å²) in [5, 5.41) is 6.82. The first-order valence-corrected chi connectivity index (χ1v) is 6.09. The van der Waals surface area contributed by atoms with Crippen LogP contribution in [0.1, 0.15) is 18.7 Å². The molecular weight excluding hydrogens is 262 g/mol. The zero-order valence-electron chi connectivity index (χ0n) is 11.0. The molecule has 0 aromatic carbocycles. The molecule has 0 aliphatic rings. The minimum Gasteiger partial charge on any atom is -0.467 e. The Bertz CT molecular complexity index is 514. The van der Waals surface area contributed by atoms with Crippen molar-refractivity contribution < 1.29 is 18.7 Å². The van der Waals surface area contributed by atoms with E-state index in [-0.39, 0.29) is 25.1 Å². The van der Waals surface area contributed by atoms with E-state index in [4.69, 9.17) is 4.42 Å². The maximum Gasteiger partial charge on any atom is 0.303 e. The quantitative estimate of drug-likeness (QED) is 0.787. The van der Waals surface area contributed by atoms with Gasteiger partial charge in [0.2, 0.25) is 0 Å². The van der Waals surface area contributed by atoms with E-state index >= 15 is 0 Å². The fourth-order valence-corrected chi connectivity index (χ4v) is 1.70. The van der Waals surface area contributed by atoms with Gasteiger partial charge >= 0.3 is 5.97 Å². The van der Waals surface area contributed by atoms with Crippen molar-refractivity contribution in [2.24, 2.45) is 0 Å². The molecule has 2 rings (SSSR count). The molecule has 2 aromatic heterocycles. The lowest BCUT2D eigenvalue weighted by Crippen LogP contribution is -2.34. The second kappa shape index (κ2) is 6.55. The summed E-state index contributed by atoms with van der Waals surface area (Å²) >= 11 is 0. The molecule has 0 spiro atoms. The molecule has 1 atom stereocenters. The van der Waals surface area contributed by atoms with Gasteiger partial charge in [-0.3, -0.25) is 14.3 Å². The van der Waals surface area contributed by atoms with E-state index in [1.807, 2.05) is 6.07 Å². The summed E-state index contributed by atoms with van der Waals surface area (Å²) < 4.78 is 11.7. The summed E-state index contributed by atoms with van der Waals surface area (Å²) in [6.07, 6.45) is 4.99. The van der Waals surface area contributed by atoms with E-state index in [0.29, 0.717) is 5.76 Å². The van der Waals surface area contributed by atoms with E-state index in [2.05, 4.69) is 15.2 Å². The molecule has 0 unspecified atom stereocenters. The Kier molecular flexibility index (Phi) is 4.54. The fourth-order valence-electron chi connectivity index (χ4n) is 1.70. The lowest BCUT2D eigenvalue weighted by atomic mass is 10.2. The fraction of sp³-hybridized carbons (Fsp3) is 0.308. The van der Waals surface area contributed by atoms with Crippen LogP contribution in [0, 0.1) is 0 Å². The summed E-state index contributed by atoms with van der Waals surface area (Å²) in [7, 11) is 0. The third-order valence-corrected chi connectivity index (χ3v) is 2.61. The Balaban J connectivity index is 1.96. The van der Waals surface area contributed by atoms with Crippen LogP contribution in [0.15, 0.2) is 41.3 Å². The van der Waals surface area contributed by atoms with E-state index in [9.17, 15) is 9.59 Å². The van der Waals surface area contributed by atoms with Crippen LogP contribution in [-0.2, 0) is 14.3 Å². The van der Waals surface area contributed by atoms with Gasteiger partial charge in [-0.05, 0) is 18.2 Å². The average molecular weight is 277 g/mol. The molecule has 1 amide bonds. The van der Waals surface area contributed by atoms with Crippen LogP contribution in [-0.4, -0.2) is 34.8 Å². The summed E-state index contributed by atoms with van der Waals surface area (Å²) in [4.78, 5) is 22.2. The van der Waals surface area contributed by atoms with Crippen molar-refractivity contribution >= 4 is 11.9 Å². The number of esters is 1. The van der Waals surface area contributed by atoms with Crippen LogP contribution < -0.4 is 5.32 Å². The van der Waals surface area contributed by atoms with E-state index in [1.54, 1.807) is 35.5 Å². The first-order valence-electron chi connectivity index (χ1n) is 6.09.